The van der Waals surface area contributed by atoms with Crippen LogP contribution in [0.3, 0.4) is 0 Å². The van der Waals surface area contributed by atoms with Gasteiger partial charge in [-0.2, -0.15) is 4.98 Å². The first-order valence-corrected chi connectivity index (χ1v) is 4.87. The number of aromatic nitrogens is 3. The molecular formula is C8H16N6. The maximum absolute atomic E-state index is 5.49. The van der Waals surface area contributed by atoms with Crippen molar-refractivity contribution in [2.45, 2.75) is 6.42 Å². The van der Waals surface area contributed by atoms with E-state index in [9.17, 15) is 0 Å². The van der Waals surface area contributed by atoms with Gasteiger partial charge in [0.15, 0.2) is 0 Å². The first-order valence-electron chi connectivity index (χ1n) is 4.87. The maximum atomic E-state index is 5.49. The first kappa shape index (κ1) is 9.26. The molecule has 0 atom stereocenters. The van der Waals surface area contributed by atoms with Crippen molar-refractivity contribution < 1.29 is 0 Å². The van der Waals surface area contributed by atoms with E-state index in [2.05, 4.69) is 32.0 Å². The lowest BCUT2D eigenvalue weighted by atomic mass is 10.4. The zero-order valence-electron chi connectivity index (χ0n) is 8.40. The Labute approximate surface area is 83.1 Å². The number of rotatable bonds is 1. The number of anilines is 2. The number of nitrogens with two attached hydrogens (primary N) is 1. The summed E-state index contributed by atoms with van der Waals surface area (Å²) in [6.07, 6.45) is 1.14. The van der Waals surface area contributed by atoms with E-state index in [-0.39, 0.29) is 0 Å². The van der Waals surface area contributed by atoms with Crippen LogP contribution in [0.5, 0.6) is 0 Å². The monoisotopic (exact) mass is 196 g/mol. The van der Waals surface area contributed by atoms with Gasteiger partial charge in [0.1, 0.15) is 0 Å². The second kappa shape index (κ2) is 3.83. The van der Waals surface area contributed by atoms with Crippen LogP contribution in [0.15, 0.2) is 0 Å². The van der Waals surface area contributed by atoms with Crippen molar-refractivity contribution in [1.82, 2.24) is 20.1 Å². The molecule has 1 aromatic heterocycles. The van der Waals surface area contributed by atoms with Crippen molar-refractivity contribution in [3.05, 3.63) is 0 Å². The second-order valence-corrected chi connectivity index (χ2v) is 3.66. The first-order chi connectivity index (χ1) is 6.75. The number of hydrogen-bond donors (Lipinski definition) is 2. The normalized spacial score (nSPS) is 19.6. The van der Waals surface area contributed by atoms with Gasteiger partial charge < -0.3 is 15.5 Å². The molecule has 0 saturated carbocycles. The van der Waals surface area contributed by atoms with Gasteiger partial charge in [-0.3, -0.25) is 0 Å². The van der Waals surface area contributed by atoms with E-state index >= 15 is 0 Å². The highest BCUT2D eigenvalue weighted by molar-refractivity contribution is 5.33. The summed E-state index contributed by atoms with van der Waals surface area (Å²) in [5, 5.41) is 6.71. The van der Waals surface area contributed by atoms with Crippen LogP contribution in [-0.2, 0) is 0 Å². The molecule has 2 rings (SSSR count). The van der Waals surface area contributed by atoms with Crippen LogP contribution >= 0.6 is 0 Å². The Bertz CT molecular complexity index is 296. The van der Waals surface area contributed by atoms with Crippen LogP contribution < -0.4 is 10.6 Å². The van der Waals surface area contributed by atoms with Crippen LogP contribution in [-0.4, -0.2) is 53.3 Å². The third-order valence-electron chi connectivity index (χ3n) is 2.49. The van der Waals surface area contributed by atoms with E-state index in [4.69, 9.17) is 5.73 Å². The molecule has 0 unspecified atom stereocenters. The van der Waals surface area contributed by atoms with Crippen LogP contribution in [0.2, 0.25) is 0 Å². The predicted molar refractivity (Wildman–Crippen MR) is 55.1 cm³/mol. The minimum Gasteiger partial charge on any atom is -0.368 e. The molecule has 14 heavy (non-hydrogen) atoms. The van der Waals surface area contributed by atoms with Gasteiger partial charge in [-0.1, -0.05) is 0 Å². The van der Waals surface area contributed by atoms with Gasteiger partial charge in [0.2, 0.25) is 11.9 Å². The maximum Gasteiger partial charge on any atom is 0.246 e. The summed E-state index contributed by atoms with van der Waals surface area (Å²) in [6.45, 7) is 4.15. The standard InChI is InChI=1S/C8H16N6/c1-13-3-2-4-14(6-5-13)8-10-7(9)11-12-8/h2-6H2,1H3,(H3,9,10,11,12). The molecule has 1 aliphatic rings. The zero-order chi connectivity index (χ0) is 9.97. The predicted octanol–water partition coefficient (Wildman–Crippen LogP) is -0.471. The minimum absolute atomic E-state index is 0.387. The van der Waals surface area contributed by atoms with Gasteiger partial charge in [-0.15, -0.1) is 5.10 Å². The molecule has 6 heteroatoms. The number of nitrogens with zero attached hydrogens (tertiary/aromatic N) is 4. The van der Waals surface area contributed by atoms with E-state index in [0.29, 0.717) is 5.95 Å². The van der Waals surface area contributed by atoms with Crippen LogP contribution in [0.25, 0.3) is 0 Å². The van der Waals surface area contributed by atoms with Crippen LogP contribution in [0, 0.1) is 0 Å². The molecule has 1 aromatic rings. The van der Waals surface area contributed by atoms with E-state index < -0.39 is 0 Å². The van der Waals surface area contributed by atoms with Crippen molar-refractivity contribution in [3.63, 3.8) is 0 Å². The lowest BCUT2D eigenvalue weighted by Gasteiger charge is -2.17. The molecule has 0 aromatic carbocycles. The Kier molecular flexibility index (Phi) is 2.53. The van der Waals surface area contributed by atoms with Crippen molar-refractivity contribution >= 4 is 11.9 Å². The number of nitrogen functional groups attached to an aromatic ring is 1. The van der Waals surface area contributed by atoms with Gasteiger partial charge in [-0.25, -0.2) is 5.10 Å². The fraction of sp³-hybridized carbons (Fsp3) is 0.750. The third kappa shape index (κ3) is 1.95. The van der Waals surface area contributed by atoms with Crippen LogP contribution in [0.4, 0.5) is 11.9 Å². The van der Waals surface area contributed by atoms with Crippen LogP contribution in [0.1, 0.15) is 6.42 Å². The molecule has 1 fully saturated rings. The average Bonchev–Trinajstić information content (AvgIpc) is 2.46. The minimum atomic E-state index is 0.387. The highest BCUT2D eigenvalue weighted by Crippen LogP contribution is 2.10. The summed E-state index contributed by atoms with van der Waals surface area (Å²) in [4.78, 5) is 8.60. The van der Waals surface area contributed by atoms with Gasteiger partial charge in [0, 0.05) is 19.6 Å². The van der Waals surface area contributed by atoms with Gasteiger partial charge in [-0.05, 0) is 20.0 Å². The van der Waals surface area contributed by atoms with Gasteiger partial charge in [0.05, 0.1) is 0 Å². The summed E-state index contributed by atoms with van der Waals surface area (Å²) >= 11 is 0. The SMILES string of the molecule is CN1CCCN(c2n[nH]c(N)n2)CC1. The molecule has 1 aliphatic heterocycles. The lowest BCUT2D eigenvalue weighted by molar-refractivity contribution is 0.360. The van der Waals surface area contributed by atoms with Crippen molar-refractivity contribution in [3.8, 4) is 0 Å². The quantitative estimate of drug-likeness (QED) is 0.635. The molecule has 3 N–H and O–H groups in total. The Balaban J connectivity index is 2.04. The highest BCUT2D eigenvalue weighted by Gasteiger charge is 2.15. The Hall–Kier alpha value is -1.30. The summed E-state index contributed by atoms with van der Waals surface area (Å²) in [6, 6.07) is 0. The molecular weight excluding hydrogens is 180 g/mol. The lowest BCUT2D eigenvalue weighted by Crippen LogP contribution is -2.29. The van der Waals surface area contributed by atoms with Crippen molar-refractivity contribution in [2.24, 2.45) is 0 Å². The summed E-state index contributed by atoms with van der Waals surface area (Å²) in [5.74, 6) is 1.11. The van der Waals surface area contributed by atoms with E-state index in [1.165, 1.54) is 0 Å². The number of H-pyrrole nitrogens is 1. The van der Waals surface area contributed by atoms with Gasteiger partial charge >= 0.3 is 0 Å². The number of nitrogens with one attached hydrogen (secondary N) is 1. The molecule has 0 bridgehead atoms. The summed E-state index contributed by atoms with van der Waals surface area (Å²) in [7, 11) is 2.13. The van der Waals surface area contributed by atoms with Gasteiger partial charge in [0.25, 0.3) is 0 Å². The molecule has 0 radical (unpaired) electrons. The molecule has 1 saturated heterocycles. The summed E-state index contributed by atoms with van der Waals surface area (Å²) in [5.41, 5.74) is 5.49. The highest BCUT2D eigenvalue weighted by atomic mass is 15.4. The molecule has 2 heterocycles. The van der Waals surface area contributed by atoms with E-state index in [1.54, 1.807) is 0 Å². The fourth-order valence-electron chi connectivity index (χ4n) is 1.65. The largest absolute Gasteiger partial charge is 0.368 e. The second-order valence-electron chi connectivity index (χ2n) is 3.66. The fourth-order valence-corrected chi connectivity index (χ4v) is 1.65. The smallest absolute Gasteiger partial charge is 0.246 e. The Morgan fingerprint density at radius 3 is 2.86 bits per heavy atom. The number of likely N-dealkylation sites (N-methyl/N-ethyl adjacent to an activating group) is 1. The molecule has 0 amide bonds. The average molecular weight is 196 g/mol. The Morgan fingerprint density at radius 2 is 2.14 bits per heavy atom. The summed E-state index contributed by atoms with van der Waals surface area (Å²) < 4.78 is 0. The number of aromatic amines is 1. The van der Waals surface area contributed by atoms with E-state index in [1.807, 2.05) is 0 Å². The Morgan fingerprint density at radius 1 is 1.29 bits per heavy atom. The topological polar surface area (TPSA) is 74.1 Å². The molecule has 0 aliphatic carbocycles. The van der Waals surface area contributed by atoms with E-state index in [0.717, 1.165) is 38.5 Å². The molecule has 78 valence electrons. The zero-order valence-corrected chi connectivity index (χ0v) is 8.40. The molecule has 0 spiro atoms. The van der Waals surface area contributed by atoms with Crippen molar-refractivity contribution in [2.75, 3.05) is 43.9 Å². The third-order valence-corrected chi connectivity index (χ3v) is 2.49. The van der Waals surface area contributed by atoms with Crippen molar-refractivity contribution in [1.29, 1.82) is 0 Å². The number of hydrogen-bond acceptors (Lipinski definition) is 5. The molecule has 6 nitrogen and oxygen atoms in total.